The Kier molecular flexibility index (Phi) is 3.60. The molecule has 0 aromatic heterocycles. The maximum absolute atomic E-state index is 12.2. The van der Waals surface area contributed by atoms with Crippen LogP contribution < -0.4 is 0 Å². The molecule has 1 aromatic carbocycles. The molecule has 3 N–H and O–H groups in total. The third-order valence-corrected chi connectivity index (χ3v) is 4.34. The Morgan fingerprint density at radius 2 is 2.00 bits per heavy atom. The van der Waals surface area contributed by atoms with E-state index < -0.39 is 47.0 Å². The molecule has 2 aliphatic heterocycles. The van der Waals surface area contributed by atoms with E-state index in [2.05, 4.69) is 0 Å². The number of hydrogen-bond acceptors (Lipinski definition) is 8. The lowest BCUT2D eigenvalue weighted by molar-refractivity contribution is -0.489. The van der Waals surface area contributed by atoms with Crippen LogP contribution in [0.3, 0.4) is 0 Å². The van der Waals surface area contributed by atoms with Crippen LogP contribution in [0.5, 0.6) is 0 Å². The minimum absolute atomic E-state index is 0.266. The van der Waals surface area contributed by atoms with Crippen LogP contribution in [0.25, 0.3) is 0 Å². The number of hydrogen-bond donors (Lipinski definition) is 3. The molecule has 3 rings (SSSR count). The lowest BCUT2D eigenvalue weighted by Crippen LogP contribution is -2.62. The minimum Gasteiger partial charge on any atom is -0.451 e. The molecule has 2 saturated heterocycles. The smallest absolute Gasteiger partial charge is 0.345 e. The SMILES string of the molecule is O=C1O[C@@H]2[C@@H](O)CO[C@]2(O)[C@@]1(O)C(C[N+](=O)[O-])c1ccccc1. The zero-order valence-corrected chi connectivity index (χ0v) is 11.9. The van der Waals surface area contributed by atoms with E-state index in [-0.39, 0.29) is 12.2 Å². The van der Waals surface area contributed by atoms with Crippen molar-refractivity contribution in [2.75, 3.05) is 13.2 Å². The molecule has 0 radical (unpaired) electrons. The Morgan fingerprint density at radius 1 is 1.35 bits per heavy atom. The van der Waals surface area contributed by atoms with Crippen LogP contribution in [-0.4, -0.2) is 63.0 Å². The Balaban J connectivity index is 2.10. The van der Waals surface area contributed by atoms with Crippen LogP contribution in [-0.2, 0) is 14.3 Å². The zero-order chi connectivity index (χ0) is 16.8. The second-order valence-electron chi connectivity index (χ2n) is 5.65. The summed E-state index contributed by atoms with van der Waals surface area (Å²) in [5.41, 5.74) is -2.44. The van der Waals surface area contributed by atoms with Crippen molar-refractivity contribution in [2.24, 2.45) is 0 Å². The summed E-state index contributed by atoms with van der Waals surface area (Å²) in [4.78, 5) is 22.5. The van der Waals surface area contributed by atoms with E-state index in [0.717, 1.165) is 0 Å². The second kappa shape index (κ2) is 5.24. The molecular formula is C14H15NO8. The van der Waals surface area contributed by atoms with E-state index >= 15 is 0 Å². The standard InChI is InChI=1S/C14H15NO8/c16-10-7-22-14(19)11(10)23-12(17)13(14,18)9(6-15(20)21)8-4-2-1-3-5-8/h1-5,9-11,16,18-19H,6-7H2/t9?,10-,11+,13+,14-/m0/s1. The topological polar surface area (TPSA) is 139 Å². The Morgan fingerprint density at radius 3 is 2.61 bits per heavy atom. The van der Waals surface area contributed by atoms with E-state index in [9.17, 15) is 30.2 Å². The van der Waals surface area contributed by atoms with Gasteiger partial charge in [0.25, 0.3) is 0 Å². The number of aliphatic hydroxyl groups is 3. The van der Waals surface area contributed by atoms with Crippen molar-refractivity contribution in [3.05, 3.63) is 46.0 Å². The summed E-state index contributed by atoms with van der Waals surface area (Å²) >= 11 is 0. The first-order valence-corrected chi connectivity index (χ1v) is 6.95. The normalized spacial score (nSPS) is 37.3. The van der Waals surface area contributed by atoms with Crippen molar-refractivity contribution >= 4 is 5.97 Å². The summed E-state index contributed by atoms with van der Waals surface area (Å²) in [6, 6.07) is 7.80. The summed E-state index contributed by atoms with van der Waals surface area (Å²) in [6.07, 6.45) is -2.83. The van der Waals surface area contributed by atoms with Crippen molar-refractivity contribution < 1.29 is 34.5 Å². The van der Waals surface area contributed by atoms with Gasteiger partial charge in [0.15, 0.2) is 6.10 Å². The van der Waals surface area contributed by atoms with Gasteiger partial charge in [-0.05, 0) is 5.56 Å². The average Bonchev–Trinajstić information content (AvgIpc) is 2.92. The van der Waals surface area contributed by atoms with Crippen LogP contribution in [0.1, 0.15) is 11.5 Å². The van der Waals surface area contributed by atoms with Crippen LogP contribution in [0.2, 0.25) is 0 Å². The van der Waals surface area contributed by atoms with Crippen molar-refractivity contribution in [2.45, 2.75) is 29.5 Å². The number of aliphatic hydroxyl groups excluding tert-OH is 1. The number of rotatable bonds is 4. The number of carbonyl (C=O) groups is 1. The van der Waals surface area contributed by atoms with Gasteiger partial charge in [-0.1, -0.05) is 30.3 Å². The molecule has 2 heterocycles. The molecule has 1 aromatic rings. The number of nitro groups is 1. The molecule has 0 spiro atoms. The lowest BCUT2D eigenvalue weighted by Gasteiger charge is -2.36. The molecule has 5 atom stereocenters. The molecule has 2 fully saturated rings. The van der Waals surface area contributed by atoms with Crippen molar-refractivity contribution in [1.29, 1.82) is 0 Å². The summed E-state index contributed by atoms with van der Waals surface area (Å²) < 4.78 is 9.90. The van der Waals surface area contributed by atoms with Gasteiger partial charge in [0.2, 0.25) is 17.9 Å². The minimum atomic E-state index is -2.70. The van der Waals surface area contributed by atoms with Gasteiger partial charge in [0.05, 0.1) is 12.5 Å². The first kappa shape index (κ1) is 15.8. The molecule has 0 aliphatic carbocycles. The van der Waals surface area contributed by atoms with E-state index in [1.165, 1.54) is 12.1 Å². The fourth-order valence-corrected chi connectivity index (χ4v) is 3.18. The summed E-state index contributed by atoms with van der Waals surface area (Å²) in [7, 11) is 0. The van der Waals surface area contributed by atoms with E-state index in [4.69, 9.17) is 9.47 Å². The van der Waals surface area contributed by atoms with Crippen LogP contribution in [0.15, 0.2) is 30.3 Å². The van der Waals surface area contributed by atoms with Gasteiger partial charge in [0, 0.05) is 4.92 Å². The highest BCUT2D eigenvalue weighted by Crippen LogP contribution is 2.49. The third kappa shape index (κ3) is 2.12. The van der Waals surface area contributed by atoms with Gasteiger partial charge in [-0.25, -0.2) is 4.79 Å². The molecule has 9 heteroatoms. The van der Waals surface area contributed by atoms with Crippen molar-refractivity contribution in [3.63, 3.8) is 0 Å². The first-order valence-electron chi connectivity index (χ1n) is 6.95. The second-order valence-corrected chi connectivity index (χ2v) is 5.65. The first-order chi connectivity index (χ1) is 10.8. The Labute approximate surface area is 130 Å². The quantitative estimate of drug-likeness (QED) is 0.356. The lowest BCUT2D eigenvalue weighted by atomic mass is 9.76. The molecule has 0 saturated carbocycles. The molecule has 0 bridgehead atoms. The highest BCUT2D eigenvalue weighted by Gasteiger charge is 2.76. The molecule has 23 heavy (non-hydrogen) atoms. The number of fused-ring (bicyclic) bond motifs is 1. The van der Waals surface area contributed by atoms with Gasteiger partial charge < -0.3 is 24.8 Å². The number of nitrogens with zero attached hydrogens (tertiary/aromatic N) is 1. The van der Waals surface area contributed by atoms with Gasteiger partial charge >= 0.3 is 5.97 Å². The maximum atomic E-state index is 12.2. The monoisotopic (exact) mass is 325 g/mol. The number of carbonyl (C=O) groups excluding carboxylic acids is 1. The predicted molar refractivity (Wildman–Crippen MR) is 72.8 cm³/mol. The maximum Gasteiger partial charge on any atom is 0.345 e. The fourth-order valence-electron chi connectivity index (χ4n) is 3.18. The average molecular weight is 325 g/mol. The molecule has 1 unspecified atom stereocenters. The van der Waals surface area contributed by atoms with Crippen molar-refractivity contribution in [1.82, 2.24) is 0 Å². The van der Waals surface area contributed by atoms with Gasteiger partial charge in [-0.15, -0.1) is 0 Å². The zero-order valence-electron chi connectivity index (χ0n) is 11.9. The highest BCUT2D eigenvalue weighted by molar-refractivity contribution is 5.85. The van der Waals surface area contributed by atoms with Gasteiger partial charge in [0.1, 0.15) is 6.10 Å². The van der Waals surface area contributed by atoms with Crippen LogP contribution in [0, 0.1) is 10.1 Å². The molecule has 9 nitrogen and oxygen atoms in total. The summed E-state index contributed by atoms with van der Waals surface area (Å²) in [5.74, 6) is -5.23. The number of esters is 1. The highest BCUT2D eigenvalue weighted by atomic mass is 16.7. The van der Waals surface area contributed by atoms with E-state index in [1.54, 1.807) is 18.2 Å². The molecule has 2 aliphatic rings. The summed E-state index contributed by atoms with van der Waals surface area (Å²) in [6.45, 7) is -1.19. The summed E-state index contributed by atoms with van der Waals surface area (Å²) in [5, 5.41) is 42.3. The fraction of sp³-hybridized carbons (Fsp3) is 0.500. The Bertz CT molecular complexity index is 637. The van der Waals surface area contributed by atoms with Gasteiger partial charge in [-0.3, -0.25) is 10.1 Å². The van der Waals surface area contributed by atoms with Gasteiger partial charge in [-0.2, -0.15) is 0 Å². The number of ether oxygens (including phenoxy) is 2. The van der Waals surface area contributed by atoms with Crippen molar-refractivity contribution in [3.8, 4) is 0 Å². The largest absolute Gasteiger partial charge is 0.451 e. The molecule has 0 amide bonds. The third-order valence-electron chi connectivity index (χ3n) is 4.34. The van der Waals surface area contributed by atoms with E-state index in [1.807, 2.05) is 0 Å². The Hall–Kier alpha value is -2.07. The van der Waals surface area contributed by atoms with Crippen LogP contribution >= 0.6 is 0 Å². The van der Waals surface area contributed by atoms with E-state index in [0.29, 0.717) is 0 Å². The van der Waals surface area contributed by atoms with Crippen LogP contribution in [0.4, 0.5) is 0 Å². The predicted octanol–water partition coefficient (Wildman–Crippen LogP) is -1.22. The molecular weight excluding hydrogens is 310 g/mol. The molecule has 124 valence electrons. The number of benzene rings is 1.